The van der Waals surface area contributed by atoms with Crippen LogP contribution in [0.2, 0.25) is 0 Å². The van der Waals surface area contributed by atoms with Crippen LogP contribution in [0.4, 0.5) is 0 Å². The van der Waals surface area contributed by atoms with Crippen molar-refractivity contribution in [1.82, 2.24) is 9.97 Å². The first-order valence-electron chi connectivity index (χ1n) is 17.8. The summed E-state index contributed by atoms with van der Waals surface area (Å²) in [5.74, 6) is 0. The smallest absolute Gasteiger partial charge is 0.0746 e. The minimum absolute atomic E-state index is 0.0235. The molecule has 0 N–H and O–H groups in total. The number of nitrogens with zero attached hydrogens (tertiary/aromatic N) is 2. The van der Waals surface area contributed by atoms with E-state index in [4.69, 9.17) is 9.97 Å². The first-order valence-corrected chi connectivity index (χ1v) is 17.8. The van der Waals surface area contributed by atoms with Crippen molar-refractivity contribution >= 4 is 0 Å². The van der Waals surface area contributed by atoms with E-state index in [-0.39, 0.29) is 10.8 Å². The SMILES string of the molecule is CCC1(CC)c2ccccc2-c2ncc(-c3ccc(-c4ccc(-c5cnc6c(c5)C(CC)(CC)c5ccccc5-6)cc4C)c(C)c3)cc21. The minimum Gasteiger partial charge on any atom is -0.255 e. The summed E-state index contributed by atoms with van der Waals surface area (Å²) in [7, 11) is 0. The summed E-state index contributed by atoms with van der Waals surface area (Å²) >= 11 is 0. The Balaban J connectivity index is 1.13. The van der Waals surface area contributed by atoms with Crippen LogP contribution in [0.1, 0.15) is 86.8 Å². The Kier molecular flexibility index (Phi) is 7.25. The Hall–Kier alpha value is -4.82. The van der Waals surface area contributed by atoms with Gasteiger partial charge in [0.05, 0.1) is 11.4 Å². The molecule has 2 aliphatic rings. The number of rotatable bonds is 7. The molecule has 4 aromatic carbocycles. The van der Waals surface area contributed by atoms with Crippen LogP contribution in [-0.2, 0) is 10.8 Å². The Labute approximate surface area is 286 Å². The Morgan fingerprint density at radius 1 is 0.417 bits per heavy atom. The van der Waals surface area contributed by atoms with Crippen LogP contribution < -0.4 is 0 Å². The first kappa shape index (κ1) is 30.5. The van der Waals surface area contributed by atoms with Crippen molar-refractivity contribution in [2.75, 3.05) is 0 Å². The van der Waals surface area contributed by atoms with Gasteiger partial charge < -0.3 is 0 Å². The van der Waals surface area contributed by atoms with Crippen molar-refractivity contribution in [2.24, 2.45) is 0 Å². The third-order valence-corrected chi connectivity index (χ3v) is 12.0. The maximum atomic E-state index is 5.08. The van der Waals surface area contributed by atoms with Gasteiger partial charge in [0.2, 0.25) is 0 Å². The fourth-order valence-electron chi connectivity index (χ4n) is 9.22. The average molecular weight is 625 g/mol. The van der Waals surface area contributed by atoms with Crippen molar-refractivity contribution in [3.8, 4) is 55.9 Å². The molecule has 8 rings (SSSR count). The predicted octanol–water partition coefficient (Wildman–Crippen LogP) is 12.3. The highest BCUT2D eigenvalue weighted by atomic mass is 14.7. The summed E-state index contributed by atoms with van der Waals surface area (Å²) in [5.41, 5.74) is 20.5. The van der Waals surface area contributed by atoms with E-state index < -0.39 is 0 Å². The van der Waals surface area contributed by atoms with Crippen LogP contribution in [0.15, 0.2) is 109 Å². The second kappa shape index (κ2) is 11.4. The van der Waals surface area contributed by atoms with E-state index in [9.17, 15) is 0 Å². The molecule has 0 saturated carbocycles. The molecule has 6 aromatic rings. The van der Waals surface area contributed by atoms with Crippen molar-refractivity contribution in [3.05, 3.63) is 143 Å². The van der Waals surface area contributed by atoms with E-state index >= 15 is 0 Å². The summed E-state index contributed by atoms with van der Waals surface area (Å²) in [6, 6.07) is 36.4. The Morgan fingerprint density at radius 3 is 1.19 bits per heavy atom. The van der Waals surface area contributed by atoms with Crippen molar-refractivity contribution in [3.63, 3.8) is 0 Å². The van der Waals surface area contributed by atoms with Crippen LogP contribution >= 0.6 is 0 Å². The molecule has 2 heteroatoms. The van der Waals surface area contributed by atoms with Gasteiger partial charge in [-0.15, -0.1) is 0 Å². The number of benzene rings is 4. The molecule has 0 fully saturated rings. The third kappa shape index (κ3) is 4.24. The van der Waals surface area contributed by atoms with E-state index in [0.29, 0.717) is 0 Å². The van der Waals surface area contributed by atoms with Gasteiger partial charge in [0.15, 0.2) is 0 Å². The molecule has 2 aromatic heterocycles. The molecule has 2 nitrogen and oxygen atoms in total. The van der Waals surface area contributed by atoms with E-state index in [2.05, 4.69) is 151 Å². The molecule has 2 heterocycles. The summed E-state index contributed by atoms with van der Waals surface area (Å²) in [4.78, 5) is 10.2. The van der Waals surface area contributed by atoms with Gasteiger partial charge in [-0.25, -0.2) is 0 Å². The molecule has 0 atom stereocenters. The van der Waals surface area contributed by atoms with Gasteiger partial charge in [-0.1, -0.05) is 113 Å². The maximum Gasteiger partial charge on any atom is 0.0746 e. The Bertz CT molecular complexity index is 2050. The first-order chi connectivity index (χ1) is 23.4. The van der Waals surface area contributed by atoms with E-state index in [0.717, 1.165) is 37.1 Å². The van der Waals surface area contributed by atoms with Gasteiger partial charge in [-0.3, -0.25) is 9.97 Å². The minimum atomic E-state index is 0.0235. The topological polar surface area (TPSA) is 25.8 Å². The normalized spacial score (nSPS) is 14.7. The predicted molar refractivity (Wildman–Crippen MR) is 201 cm³/mol. The van der Waals surface area contributed by atoms with E-state index in [1.807, 2.05) is 0 Å². The van der Waals surface area contributed by atoms with Crippen LogP contribution in [0.3, 0.4) is 0 Å². The lowest BCUT2D eigenvalue weighted by Gasteiger charge is -2.29. The monoisotopic (exact) mass is 624 g/mol. The molecular weight excluding hydrogens is 581 g/mol. The van der Waals surface area contributed by atoms with Crippen LogP contribution in [-0.4, -0.2) is 9.97 Å². The van der Waals surface area contributed by atoms with Crippen molar-refractivity contribution in [2.45, 2.75) is 78.1 Å². The molecule has 0 bridgehead atoms. The third-order valence-electron chi connectivity index (χ3n) is 12.0. The highest BCUT2D eigenvalue weighted by Crippen LogP contribution is 2.54. The van der Waals surface area contributed by atoms with Gasteiger partial charge in [0, 0.05) is 45.5 Å². The second-order valence-corrected chi connectivity index (χ2v) is 14.0. The van der Waals surface area contributed by atoms with Gasteiger partial charge in [-0.2, -0.15) is 0 Å². The van der Waals surface area contributed by atoms with Gasteiger partial charge >= 0.3 is 0 Å². The second-order valence-electron chi connectivity index (χ2n) is 14.0. The number of aromatic nitrogens is 2. The largest absolute Gasteiger partial charge is 0.255 e. The molecule has 0 unspecified atom stereocenters. The van der Waals surface area contributed by atoms with Crippen LogP contribution in [0, 0.1) is 13.8 Å². The Morgan fingerprint density at radius 2 is 0.812 bits per heavy atom. The van der Waals surface area contributed by atoms with Crippen molar-refractivity contribution in [1.29, 1.82) is 0 Å². The molecule has 0 amide bonds. The fourth-order valence-corrected chi connectivity index (χ4v) is 9.22. The number of hydrogen-bond acceptors (Lipinski definition) is 2. The van der Waals surface area contributed by atoms with E-state index in [1.165, 1.54) is 77.9 Å². The molecule has 0 saturated heterocycles. The quantitative estimate of drug-likeness (QED) is 0.177. The van der Waals surface area contributed by atoms with Gasteiger partial charge in [-0.05, 0) is 107 Å². The van der Waals surface area contributed by atoms with Crippen LogP contribution in [0.25, 0.3) is 55.9 Å². The fraction of sp³-hybridized carbons (Fsp3) is 0.261. The summed E-state index contributed by atoms with van der Waals surface area (Å²) in [6.45, 7) is 13.7. The molecule has 0 radical (unpaired) electrons. The zero-order valence-electron chi connectivity index (χ0n) is 29.1. The lowest BCUT2D eigenvalue weighted by molar-refractivity contribution is 0.490. The van der Waals surface area contributed by atoms with Crippen molar-refractivity contribution < 1.29 is 0 Å². The highest BCUT2D eigenvalue weighted by molar-refractivity contribution is 5.84. The highest BCUT2D eigenvalue weighted by Gasteiger charge is 2.42. The number of hydrogen-bond donors (Lipinski definition) is 0. The van der Waals surface area contributed by atoms with Gasteiger partial charge in [0.25, 0.3) is 0 Å². The molecule has 238 valence electrons. The molecule has 2 aliphatic carbocycles. The lowest BCUT2D eigenvalue weighted by atomic mass is 9.74. The summed E-state index contributed by atoms with van der Waals surface area (Å²) in [5, 5.41) is 0. The molecule has 0 spiro atoms. The number of fused-ring (bicyclic) bond motifs is 6. The summed E-state index contributed by atoms with van der Waals surface area (Å²) in [6.07, 6.45) is 8.41. The zero-order chi connectivity index (χ0) is 33.2. The number of aryl methyl sites for hydroxylation is 2. The van der Waals surface area contributed by atoms with E-state index in [1.54, 1.807) is 0 Å². The standard InChI is InChI=1S/C46H44N2/c1-7-45(8-2)39-17-13-11-15-37(39)43-41(45)25-33(27-47-43)31-19-21-35(29(5)23-31)36-22-20-32(24-30(36)6)34-26-42-44(48-28-34)38-16-12-14-18-40(38)46(42,9-3)10-4/h11-28H,7-10H2,1-6H3. The zero-order valence-corrected chi connectivity index (χ0v) is 29.1. The molecule has 0 aliphatic heterocycles. The lowest BCUT2D eigenvalue weighted by Crippen LogP contribution is -2.23. The van der Waals surface area contributed by atoms with Crippen LogP contribution in [0.5, 0.6) is 0 Å². The molecular formula is C46H44N2. The summed E-state index contributed by atoms with van der Waals surface area (Å²) < 4.78 is 0. The maximum absolute atomic E-state index is 5.08. The number of pyridine rings is 2. The average Bonchev–Trinajstić information content (AvgIpc) is 3.58. The molecule has 48 heavy (non-hydrogen) atoms. The van der Waals surface area contributed by atoms with Gasteiger partial charge in [0.1, 0.15) is 0 Å².